The van der Waals surface area contributed by atoms with Gasteiger partial charge in [-0.25, -0.2) is 4.18 Å². The van der Waals surface area contributed by atoms with Gasteiger partial charge in [-0.15, -0.1) is 0 Å². The summed E-state index contributed by atoms with van der Waals surface area (Å²) in [5, 5.41) is 36.5. The number of aliphatic hydroxyl groups is 4. The molecule has 0 bridgehead atoms. The van der Waals surface area contributed by atoms with Gasteiger partial charge in [0.1, 0.15) is 24.4 Å². The monoisotopic (exact) mass is 260 g/mol. The second-order valence-corrected chi connectivity index (χ2v) is 4.27. The normalized spacial score (nSPS) is 40.9. The molecule has 5 atom stereocenters. The fraction of sp³-hybridized carbons (Fsp3) is 1.00. The quantitative estimate of drug-likeness (QED) is 0.327. The van der Waals surface area contributed by atoms with E-state index in [4.69, 9.17) is 14.8 Å². The van der Waals surface area contributed by atoms with Crippen molar-refractivity contribution < 1.29 is 42.3 Å². The van der Waals surface area contributed by atoms with Crippen LogP contribution in [0.5, 0.6) is 0 Å². The maximum absolute atomic E-state index is 10.4. The van der Waals surface area contributed by atoms with E-state index in [0.29, 0.717) is 0 Å². The summed E-state index contributed by atoms with van der Waals surface area (Å²) < 4.78 is 37.8. The highest BCUT2D eigenvalue weighted by Crippen LogP contribution is 2.23. The molecule has 0 spiro atoms. The first kappa shape index (κ1) is 13.7. The van der Waals surface area contributed by atoms with Gasteiger partial charge in [-0.05, 0) is 0 Å². The molecule has 1 saturated heterocycles. The predicted octanol–water partition coefficient (Wildman–Crippen LogP) is -3.39. The van der Waals surface area contributed by atoms with E-state index in [1.54, 1.807) is 0 Å². The second kappa shape index (κ2) is 4.89. The minimum Gasteiger partial charge on any atom is -0.394 e. The Hall–Kier alpha value is -0.330. The van der Waals surface area contributed by atoms with Gasteiger partial charge in [-0.2, -0.15) is 8.42 Å². The molecule has 0 aromatic heterocycles. The van der Waals surface area contributed by atoms with E-state index in [0.717, 1.165) is 0 Å². The first-order valence-corrected chi connectivity index (χ1v) is 5.59. The minimum absolute atomic E-state index is 0.726. The van der Waals surface area contributed by atoms with Crippen molar-refractivity contribution in [2.45, 2.75) is 30.7 Å². The van der Waals surface area contributed by atoms with Gasteiger partial charge in [-0.1, -0.05) is 0 Å². The number of hydrogen-bond acceptors (Lipinski definition) is 8. The Morgan fingerprint density at radius 2 is 1.75 bits per heavy atom. The number of hydrogen-bond donors (Lipinski definition) is 5. The third-order valence-corrected chi connectivity index (χ3v) is 2.54. The van der Waals surface area contributed by atoms with Crippen molar-refractivity contribution >= 4 is 10.4 Å². The summed E-state index contributed by atoms with van der Waals surface area (Å²) >= 11 is 0. The smallest absolute Gasteiger partial charge is 0.394 e. The van der Waals surface area contributed by atoms with Crippen LogP contribution in [0.15, 0.2) is 0 Å². The summed E-state index contributed by atoms with van der Waals surface area (Å²) in [6.07, 6.45) is -8.58. The summed E-state index contributed by atoms with van der Waals surface area (Å²) in [6, 6.07) is 0. The molecular weight excluding hydrogens is 248 g/mol. The molecule has 5 N–H and O–H groups in total. The van der Waals surface area contributed by atoms with E-state index in [9.17, 15) is 18.6 Å². The average molecular weight is 260 g/mol. The van der Waals surface area contributed by atoms with Gasteiger partial charge in [0, 0.05) is 0 Å². The van der Waals surface area contributed by atoms with Crippen LogP contribution >= 0.6 is 0 Å². The number of aliphatic hydroxyl groups excluding tert-OH is 4. The average Bonchev–Trinajstić information content (AvgIpc) is 2.17. The van der Waals surface area contributed by atoms with E-state index in [-0.39, 0.29) is 0 Å². The molecule has 16 heavy (non-hydrogen) atoms. The highest BCUT2D eigenvalue weighted by atomic mass is 32.3. The van der Waals surface area contributed by atoms with E-state index in [1.165, 1.54) is 0 Å². The zero-order valence-corrected chi connectivity index (χ0v) is 8.69. The Balaban J connectivity index is 2.85. The van der Waals surface area contributed by atoms with Crippen molar-refractivity contribution in [3.63, 3.8) is 0 Å². The fourth-order valence-electron chi connectivity index (χ4n) is 1.32. The standard InChI is InChI=1S/C6H12O9S/c7-1-2-3(8)5(15-16(11,12)13)4(9)6(10)14-2/h2-10H,1H2,(H,11,12,13)/t2-,3-,4-,5+,6-/m0/s1. The topological polar surface area (TPSA) is 154 Å². The molecule has 1 aliphatic heterocycles. The van der Waals surface area contributed by atoms with Gasteiger partial charge in [0.15, 0.2) is 6.29 Å². The summed E-state index contributed by atoms with van der Waals surface area (Å²) in [6.45, 7) is -0.726. The van der Waals surface area contributed by atoms with Crippen LogP contribution < -0.4 is 0 Å². The van der Waals surface area contributed by atoms with Crippen LogP contribution in [0.4, 0.5) is 0 Å². The maximum atomic E-state index is 10.4. The molecule has 1 aliphatic rings. The number of rotatable bonds is 3. The fourth-order valence-corrected chi connectivity index (χ4v) is 1.83. The van der Waals surface area contributed by atoms with Gasteiger partial charge >= 0.3 is 10.4 Å². The Kier molecular flexibility index (Phi) is 4.20. The molecule has 0 radical (unpaired) electrons. The van der Waals surface area contributed by atoms with Crippen LogP contribution in [0.2, 0.25) is 0 Å². The van der Waals surface area contributed by atoms with Gasteiger partial charge < -0.3 is 25.2 Å². The third-order valence-electron chi connectivity index (χ3n) is 2.07. The highest BCUT2D eigenvalue weighted by Gasteiger charge is 2.46. The van der Waals surface area contributed by atoms with Crippen molar-refractivity contribution in [2.24, 2.45) is 0 Å². The lowest BCUT2D eigenvalue weighted by molar-refractivity contribution is -0.282. The second-order valence-electron chi connectivity index (χ2n) is 3.22. The van der Waals surface area contributed by atoms with Crippen molar-refractivity contribution in [3.8, 4) is 0 Å². The Labute approximate surface area is 90.8 Å². The molecule has 0 aromatic carbocycles. The summed E-state index contributed by atoms with van der Waals surface area (Å²) in [7, 11) is -4.91. The zero-order valence-electron chi connectivity index (χ0n) is 7.87. The summed E-state index contributed by atoms with van der Waals surface area (Å²) in [5.41, 5.74) is 0. The lowest BCUT2D eigenvalue weighted by Crippen LogP contribution is -2.59. The zero-order chi connectivity index (χ0) is 12.5. The molecule has 9 nitrogen and oxygen atoms in total. The van der Waals surface area contributed by atoms with E-state index in [1.807, 2.05) is 0 Å². The van der Waals surface area contributed by atoms with Crippen LogP contribution in [0.3, 0.4) is 0 Å². The molecule has 0 amide bonds. The SMILES string of the molecule is O=S(=O)(O)O[C@@H]1[C@@H](O)[C@H](CO)O[C@H](O)[C@H]1O. The molecule has 0 aromatic rings. The largest absolute Gasteiger partial charge is 0.397 e. The van der Waals surface area contributed by atoms with E-state index < -0.39 is 47.7 Å². The molecule has 1 rings (SSSR count). The minimum atomic E-state index is -4.91. The van der Waals surface area contributed by atoms with Crippen LogP contribution in [0, 0.1) is 0 Å². The molecule has 0 unspecified atom stereocenters. The van der Waals surface area contributed by atoms with E-state index >= 15 is 0 Å². The molecule has 10 heteroatoms. The van der Waals surface area contributed by atoms with Gasteiger partial charge in [0.25, 0.3) is 0 Å². The van der Waals surface area contributed by atoms with Gasteiger partial charge in [-0.3, -0.25) is 4.55 Å². The lowest BCUT2D eigenvalue weighted by Gasteiger charge is -2.38. The van der Waals surface area contributed by atoms with Crippen molar-refractivity contribution in [3.05, 3.63) is 0 Å². The molecule has 1 fully saturated rings. The molecule has 96 valence electrons. The van der Waals surface area contributed by atoms with Crippen molar-refractivity contribution in [1.82, 2.24) is 0 Å². The van der Waals surface area contributed by atoms with Crippen LogP contribution in [0.1, 0.15) is 0 Å². The first-order chi connectivity index (χ1) is 7.26. The van der Waals surface area contributed by atoms with Crippen molar-refractivity contribution in [2.75, 3.05) is 6.61 Å². The predicted molar refractivity (Wildman–Crippen MR) is 46.4 cm³/mol. The van der Waals surface area contributed by atoms with Crippen LogP contribution in [-0.4, -0.2) is 70.7 Å². The summed E-state index contributed by atoms with van der Waals surface area (Å²) in [5.74, 6) is 0. The van der Waals surface area contributed by atoms with Crippen LogP contribution in [-0.2, 0) is 19.3 Å². The maximum Gasteiger partial charge on any atom is 0.397 e. The Bertz CT molecular complexity index is 327. The highest BCUT2D eigenvalue weighted by molar-refractivity contribution is 7.80. The number of ether oxygens (including phenoxy) is 1. The lowest BCUT2D eigenvalue weighted by atomic mass is 9.99. The third kappa shape index (κ3) is 3.09. The molecule has 1 heterocycles. The Morgan fingerprint density at radius 3 is 2.19 bits per heavy atom. The first-order valence-electron chi connectivity index (χ1n) is 4.22. The molecular formula is C6H12O9S. The van der Waals surface area contributed by atoms with Gasteiger partial charge in [0.05, 0.1) is 6.61 Å². The Morgan fingerprint density at radius 1 is 1.19 bits per heavy atom. The van der Waals surface area contributed by atoms with Gasteiger partial charge in [0.2, 0.25) is 0 Å². The molecule has 0 saturated carbocycles. The summed E-state index contributed by atoms with van der Waals surface area (Å²) in [4.78, 5) is 0. The van der Waals surface area contributed by atoms with Crippen LogP contribution in [0.25, 0.3) is 0 Å². The van der Waals surface area contributed by atoms with E-state index in [2.05, 4.69) is 8.92 Å². The van der Waals surface area contributed by atoms with Crippen molar-refractivity contribution in [1.29, 1.82) is 0 Å². The molecule has 0 aliphatic carbocycles.